The first-order chi connectivity index (χ1) is 12.6. The number of aliphatic carboxylic acids is 1. The standard InChI is InChI=1S/C17H16N2O6S2/c1-9(2)16(17(20)21)18-27(24,25)11-4-6-13-12-5-3-10(19(22)23)7-14(12)26-15(13)8-11/h3-9,16,18H,1-2H3,(H,20,21). The van der Waals surface area contributed by atoms with E-state index >= 15 is 0 Å². The summed E-state index contributed by atoms with van der Waals surface area (Å²) >= 11 is 1.24. The predicted octanol–water partition coefficient (Wildman–Crippen LogP) is 3.35. The molecule has 8 nitrogen and oxygen atoms in total. The summed E-state index contributed by atoms with van der Waals surface area (Å²) < 4.78 is 28.7. The quantitative estimate of drug-likeness (QED) is 0.476. The fourth-order valence-corrected chi connectivity index (χ4v) is 5.35. The van der Waals surface area contributed by atoms with Crippen LogP contribution in [0, 0.1) is 16.0 Å². The van der Waals surface area contributed by atoms with Crippen molar-refractivity contribution in [1.29, 1.82) is 0 Å². The number of thiophene rings is 1. The second kappa shape index (κ2) is 6.87. The normalized spacial score (nSPS) is 13.3. The number of rotatable bonds is 6. The molecule has 3 rings (SSSR count). The van der Waals surface area contributed by atoms with E-state index in [2.05, 4.69) is 4.72 Å². The number of nitrogens with one attached hydrogen (secondary N) is 1. The van der Waals surface area contributed by atoms with E-state index in [4.69, 9.17) is 0 Å². The van der Waals surface area contributed by atoms with Gasteiger partial charge >= 0.3 is 5.97 Å². The second-order valence-electron chi connectivity index (χ2n) is 6.38. The third-order valence-corrected chi connectivity index (χ3v) is 6.72. The highest BCUT2D eigenvalue weighted by molar-refractivity contribution is 7.89. The number of nitrogens with zero attached hydrogens (tertiary/aromatic N) is 1. The Balaban J connectivity index is 2.06. The Morgan fingerprint density at radius 2 is 1.74 bits per heavy atom. The molecule has 0 saturated heterocycles. The topological polar surface area (TPSA) is 127 Å². The summed E-state index contributed by atoms with van der Waals surface area (Å²) in [6, 6.07) is 7.73. The number of carboxylic acid groups (broad SMARTS) is 1. The number of nitro groups is 1. The molecule has 0 aliphatic rings. The summed E-state index contributed by atoms with van der Waals surface area (Å²) in [6.07, 6.45) is 0. The lowest BCUT2D eigenvalue weighted by Crippen LogP contribution is -2.44. The van der Waals surface area contributed by atoms with Gasteiger partial charge in [-0.3, -0.25) is 14.9 Å². The number of hydrogen-bond acceptors (Lipinski definition) is 6. The molecule has 0 aliphatic carbocycles. The van der Waals surface area contributed by atoms with Crippen LogP contribution >= 0.6 is 11.3 Å². The van der Waals surface area contributed by atoms with Crippen LogP contribution in [0.5, 0.6) is 0 Å². The van der Waals surface area contributed by atoms with Gasteiger partial charge < -0.3 is 5.11 Å². The molecule has 0 saturated carbocycles. The first-order valence-electron chi connectivity index (χ1n) is 7.96. The van der Waals surface area contributed by atoms with Gasteiger partial charge in [-0.25, -0.2) is 8.42 Å². The van der Waals surface area contributed by atoms with Crippen molar-refractivity contribution >= 4 is 53.2 Å². The monoisotopic (exact) mass is 408 g/mol. The number of fused-ring (bicyclic) bond motifs is 3. The van der Waals surface area contributed by atoms with Gasteiger partial charge in [0.05, 0.1) is 9.82 Å². The first-order valence-corrected chi connectivity index (χ1v) is 10.3. The van der Waals surface area contributed by atoms with E-state index in [1.807, 2.05) is 0 Å². The van der Waals surface area contributed by atoms with E-state index in [1.54, 1.807) is 26.0 Å². The second-order valence-corrected chi connectivity index (χ2v) is 9.18. The minimum absolute atomic E-state index is 0.0372. The summed E-state index contributed by atoms with van der Waals surface area (Å²) in [5.41, 5.74) is -0.0372. The Morgan fingerprint density at radius 3 is 2.30 bits per heavy atom. The van der Waals surface area contributed by atoms with Crippen LogP contribution in [0.3, 0.4) is 0 Å². The van der Waals surface area contributed by atoms with Crippen molar-refractivity contribution in [1.82, 2.24) is 4.72 Å². The van der Waals surface area contributed by atoms with Gasteiger partial charge in [-0.2, -0.15) is 4.72 Å². The SMILES string of the molecule is CC(C)C(NS(=O)(=O)c1ccc2c(c1)sc1cc([N+](=O)[O-])ccc12)C(=O)O. The molecule has 2 N–H and O–H groups in total. The smallest absolute Gasteiger partial charge is 0.322 e. The molecule has 10 heteroatoms. The van der Waals surface area contributed by atoms with Crippen LogP contribution in [-0.4, -0.2) is 30.5 Å². The van der Waals surface area contributed by atoms with E-state index in [0.717, 1.165) is 10.8 Å². The summed E-state index contributed by atoms with van der Waals surface area (Å²) in [4.78, 5) is 21.7. The summed E-state index contributed by atoms with van der Waals surface area (Å²) in [7, 11) is -4.03. The summed E-state index contributed by atoms with van der Waals surface area (Å²) in [6.45, 7) is 3.23. The predicted molar refractivity (Wildman–Crippen MR) is 103 cm³/mol. The minimum Gasteiger partial charge on any atom is -0.480 e. The third kappa shape index (κ3) is 3.64. The van der Waals surface area contributed by atoms with Crippen molar-refractivity contribution in [3.63, 3.8) is 0 Å². The first kappa shape index (κ1) is 19.2. The van der Waals surface area contributed by atoms with Crippen molar-refractivity contribution in [2.24, 2.45) is 5.92 Å². The summed E-state index contributed by atoms with van der Waals surface area (Å²) in [5.74, 6) is -1.67. The van der Waals surface area contributed by atoms with Gasteiger partial charge in [0.2, 0.25) is 10.0 Å². The van der Waals surface area contributed by atoms with Crippen LogP contribution < -0.4 is 4.72 Å². The van der Waals surface area contributed by atoms with Crippen LogP contribution in [-0.2, 0) is 14.8 Å². The average Bonchev–Trinajstić information content (AvgIpc) is 2.95. The fourth-order valence-electron chi connectivity index (χ4n) is 2.73. The molecule has 1 aromatic heterocycles. The molecule has 0 spiro atoms. The van der Waals surface area contributed by atoms with Crippen LogP contribution in [0.2, 0.25) is 0 Å². The zero-order valence-electron chi connectivity index (χ0n) is 14.4. The van der Waals surface area contributed by atoms with Crippen LogP contribution in [0.25, 0.3) is 20.2 Å². The minimum atomic E-state index is -4.03. The van der Waals surface area contributed by atoms with Crippen LogP contribution in [0.4, 0.5) is 5.69 Å². The van der Waals surface area contributed by atoms with Gasteiger partial charge in [-0.05, 0) is 24.1 Å². The number of sulfonamides is 1. The number of non-ortho nitro benzene ring substituents is 1. The van der Waals surface area contributed by atoms with Crippen molar-refractivity contribution in [3.8, 4) is 0 Å². The van der Waals surface area contributed by atoms with Gasteiger partial charge in [-0.1, -0.05) is 19.9 Å². The summed E-state index contributed by atoms with van der Waals surface area (Å²) in [5, 5.41) is 21.7. The lowest BCUT2D eigenvalue weighted by molar-refractivity contribution is -0.384. The highest BCUT2D eigenvalue weighted by atomic mass is 32.2. The van der Waals surface area contributed by atoms with Crippen molar-refractivity contribution in [2.45, 2.75) is 24.8 Å². The number of hydrogen-bond donors (Lipinski definition) is 2. The molecule has 0 amide bonds. The number of benzene rings is 2. The molecule has 0 radical (unpaired) electrons. The Hall–Kier alpha value is -2.56. The molecular formula is C17H16N2O6S2. The Bertz CT molecular complexity index is 1170. The molecule has 1 heterocycles. The van der Waals surface area contributed by atoms with Gasteiger partial charge in [0.15, 0.2) is 0 Å². The maximum atomic E-state index is 12.6. The Labute approximate surface area is 158 Å². The van der Waals surface area contributed by atoms with Gasteiger partial charge in [0.25, 0.3) is 5.69 Å². The molecular weight excluding hydrogens is 392 g/mol. The zero-order valence-corrected chi connectivity index (χ0v) is 16.0. The Kier molecular flexibility index (Phi) is 4.89. The molecule has 0 fully saturated rings. The van der Waals surface area contributed by atoms with E-state index in [9.17, 15) is 28.4 Å². The molecule has 1 atom stereocenters. The molecule has 1 unspecified atom stereocenters. The van der Waals surface area contributed by atoms with Crippen molar-refractivity contribution in [3.05, 3.63) is 46.5 Å². The molecule has 0 aliphatic heterocycles. The van der Waals surface area contributed by atoms with Gasteiger partial charge in [0, 0.05) is 32.3 Å². The largest absolute Gasteiger partial charge is 0.480 e. The van der Waals surface area contributed by atoms with Crippen molar-refractivity contribution in [2.75, 3.05) is 0 Å². The third-order valence-electron chi connectivity index (χ3n) is 4.16. The number of carboxylic acids is 1. The van der Waals surface area contributed by atoms with E-state index in [0.29, 0.717) is 9.40 Å². The molecule has 142 valence electrons. The van der Waals surface area contributed by atoms with Crippen molar-refractivity contribution < 1.29 is 23.2 Å². The van der Waals surface area contributed by atoms with Crippen LogP contribution in [0.15, 0.2) is 41.3 Å². The lowest BCUT2D eigenvalue weighted by atomic mass is 10.1. The molecule has 27 heavy (non-hydrogen) atoms. The fraction of sp³-hybridized carbons (Fsp3) is 0.235. The average molecular weight is 408 g/mol. The van der Waals surface area contributed by atoms with E-state index in [-0.39, 0.29) is 10.6 Å². The highest BCUT2D eigenvalue weighted by Crippen LogP contribution is 2.36. The number of carbonyl (C=O) groups is 1. The Morgan fingerprint density at radius 1 is 1.15 bits per heavy atom. The number of nitro benzene ring substituents is 1. The maximum Gasteiger partial charge on any atom is 0.322 e. The molecule has 2 aromatic carbocycles. The van der Waals surface area contributed by atoms with Gasteiger partial charge in [0.1, 0.15) is 6.04 Å². The molecule has 3 aromatic rings. The molecule has 0 bridgehead atoms. The van der Waals surface area contributed by atoms with Gasteiger partial charge in [-0.15, -0.1) is 11.3 Å². The lowest BCUT2D eigenvalue weighted by Gasteiger charge is -2.18. The van der Waals surface area contributed by atoms with E-state index < -0.39 is 32.9 Å². The van der Waals surface area contributed by atoms with E-state index in [1.165, 1.54) is 35.6 Å². The highest BCUT2D eigenvalue weighted by Gasteiger charge is 2.28. The maximum absolute atomic E-state index is 12.6. The van der Waals surface area contributed by atoms with Crippen LogP contribution in [0.1, 0.15) is 13.8 Å². The zero-order chi connectivity index (χ0) is 19.9.